The molecule has 2 atom stereocenters. The molecule has 1 aromatic heterocycles. The summed E-state index contributed by atoms with van der Waals surface area (Å²) < 4.78 is 37.8. The number of rotatable bonds is 2. The second kappa shape index (κ2) is 7.15. The van der Waals surface area contributed by atoms with Gasteiger partial charge in [-0.05, 0) is 32.4 Å². The minimum Gasteiger partial charge on any atom is -0.327 e. The van der Waals surface area contributed by atoms with Gasteiger partial charge in [0.05, 0.1) is 5.56 Å². The summed E-state index contributed by atoms with van der Waals surface area (Å²) >= 11 is 0. The molecule has 0 bridgehead atoms. The summed E-state index contributed by atoms with van der Waals surface area (Å²) in [5.74, 6) is -0.733. The van der Waals surface area contributed by atoms with Crippen molar-refractivity contribution in [1.82, 2.24) is 10.3 Å². The van der Waals surface area contributed by atoms with Gasteiger partial charge in [-0.25, -0.2) is 0 Å². The quantitative estimate of drug-likeness (QED) is 0.773. The van der Waals surface area contributed by atoms with Crippen molar-refractivity contribution in [2.45, 2.75) is 32.0 Å². The average Bonchev–Trinajstić information content (AvgIpc) is 2.40. The van der Waals surface area contributed by atoms with Crippen molar-refractivity contribution in [3.8, 4) is 0 Å². The van der Waals surface area contributed by atoms with Crippen molar-refractivity contribution in [1.29, 1.82) is 0 Å². The van der Waals surface area contributed by atoms with Gasteiger partial charge in [0, 0.05) is 18.2 Å². The standard InChI is InChI=1S/C13H16F3N3O2.ClH/c1-7-4-8(2-3-17-7)11(20)19-10-5-9(13(14,15)16)6-18-12(10)21;/h5-8,17H,2-4H2,1H3,(H,18,21)(H,19,20);1H/t7-,8-;/m0./s1. The smallest absolute Gasteiger partial charge is 0.327 e. The average molecular weight is 340 g/mol. The molecular formula is C13H17ClF3N3O2. The highest BCUT2D eigenvalue weighted by molar-refractivity contribution is 5.92. The number of carbonyl (C=O) groups excluding carboxylic acids is 1. The van der Waals surface area contributed by atoms with Crippen molar-refractivity contribution in [2.24, 2.45) is 5.92 Å². The van der Waals surface area contributed by atoms with Crippen molar-refractivity contribution in [3.63, 3.8) is 0 Å². The molecular weight excluding hydrogens is 323 g/mol. The van der Waals surface area contributed by atoms with Crippen LogP contribution in [0, 0.1) is 5.92 Å². The molecule has 0 spiro atoms. The maximum atomic E-state index is 12.6. The summed E-state index contributed by atoms with van der Waals surface area (Å²) in [4.78, 5) is 25.6. The number of anilines is 1. The summed E-state index contributed by atoms with van der Waals surface area (Å²) in [6.45, 7) is 2.59. The number of hydrogen-bond acceptors (Lipinski definition) is 3. The first kappa shape index (κ1) is 18.5. The third-order valence-corrected chi connectivity index (χ3v) is 3.48. The van der Waals surface area contributed by atoms with Gasteiger partial charge in [-0.15, -0.1) is 12.4 Å². The summed E-state index contributed by atoms with van der Waals surface area (Å²) in [7, 11) is 0. The highest BCUT2D eigenvalue weighted by atomic mass is 35.5. The van der Waals surface area contributed by atoms with Gasteiger partial charge in [0.25, 0.3) is 5.56 Å². The normalized spacial score (nSPS) is 21.8. The third-order valence-electron chi connectivity index (χ3n) is 3.48. The molecule has 2 rings (SSSR count). The van der Waals surface area contributed by atoms with E-state index in [1.807, 2.05) is 11.9 Å². The molecule has 1 aliphatic heterocycles. The van der Waals surface area contributed by atoms with Crippen LogP contribution < -0.4 is 16.2 Å². The Kier molecular flexibility index (Phi) is 6.01. The summed E-state index contributed by atoms with van der Waals surface area (Å²) in [6, 6.07) is 0.815. The maximum Gasteiger partial charge on any atom is 0.417 e. The fourth-order valence-electron chi connectivity index (χ4n) is 2.35. The molecule has 0 radical (unpaired) electrons. The monoisotopic (exact) mass is 339 g/mol. The molecule has 3 N–H and O–H groups in total. The van der Waals surface area contributed by atoms with Crippen LogP contribution in [-0.4, -0.2) is 23.5 Å². The van der Waals surface area contributed by atoms with Gasteiger partial charge in [0.2, 0.25) is 5.91 Å². The van der Waals surface area contributed by atoms with Crippen molar-refractivity contribution in [3.05, 3.63) is 28.2 Å². The van der Waals surface area contributed by atoms with E-state index in [1.54, 1.807) is 0 Å². The molecule has 1 saturated heterocycles. The molecule has 0 aromatic carbocycles. The van der Waals surface area contributed by atoms with E-state index < -0.39 is 23.2 Å². The fraction of sp³-hybridized carbons (Fsp3) is 0.538. The molecule has 5 nitrogen and oxygen atoms in total. The molecule has 1 aromatic rings. The van der Waals surface area contributed by atoms with E-state index in [9.17, 15) is 22.8 Å². The SMILES string of the molecule is C[C@H]1C[C@@H](C(=O)Nc2cc(C(F)(F)F)c[nH]c2=O)CCN1.Cl. The lowest BCUT2D eigenvalue weighted by molar-refractivity contribution is -0.137. The second-order valence-corrected chi connectivity index (χ2v) is 5.19. The van der Waals surface area contributed by atoms with E-state index in [4.69, 9.17) is 0 Å². The van der Waals surface area contributed by atoms with Crippen LogP contribution >= 0.6 is 12.4 Å². The Morgan fingerprint density at radius 3 is 2.68 bits per heavy atom. The van der Waals surface area contributed by atoms with Gasteiger partial charge in [-0.3, -0.25) is 9.59 Å². The Balaban J connectivity index is 0.00000242. The molecule has 1 aliphatic rings. The van der Waals surface area contributed by atoms with Crippen molar-refractivity contribution < 1.29 is 18.0 Å². The van der Waals surface area contributed by atoms with Crippen LogP contribution in [0.4, 0.5) is 18.9 Å². The Morgan fingerprint density at radius 1 is 1.41 bits per heavy atom. The lowest BCUT2D eigenvalue weighted by atomic mass is 9.92. The zero-order valence-electron chi connectivity index (χ0n) is 11.8. The van der Waals surface area contributed by atoms with Crippen LogP contribution in [0.1, 0.15) is 25.3 Å². The molecule has 0 aliphatic carbocycles. The number of pyridine rings is 1. The molecule has 9 heteroatoms. The number of alkyl halides is 3. The van der Waals surface area contributed by atoms with E-state index in [0.717, 1.165) is 0 Å². The number of amides is 1. The van der Waals surface area contributed by atoms with Crippen LogP contribution in [0.15, 0.2) is 17.1 Å². The van der Waals surface area contributed by atoms with E-state index in [1.165, 1.54) is 0 Å². The van der Waals surface area contributed by atoms with Gasteiger partial charge in [-0.1, -0.05) is 0 Å². The highest BCUT2D eigenvalue weighted by Crippen LogP contribution is 2.29. The van der Waals surface area contributed by atoms with Crippen LogP contribution in [0.3, 0.4) is 0 Å². The molecule has 1 amide bonds. The van der Waals surface area contributed by atoms with Gasteiger partial charge >= 0.3 is 6.18 Å². The second-order valence-electron chi connectivity index (χ2n) is 5.19. The predicted octanol–water partition coefficient (Wildman–Crippen LogP) is 2.14. The number of carbonyl (C=O) groups is 1. The van der Waals surface area contributed by atoms with E-state index >= 15 is 0 Å². The molecule has 22 heavy (non-hydrogen) atoms. The number of aromatic amines is 1. The minimum absolute atomic E-state index is 0. The summed E-state index contributed by atoms with van der Waals surface area (Å²) in [5.41, 5.74) is -2.13. The third kappa shape index (κ3) is 4.48. The lowest BCUT2D eigenvalue weighted by Crippen LogP contribution is -2.40. The molecule has 1 fully saturated rings. The summed E-state index contributed by atoms with van der Waals surface area (Å²) in [5, 5.41) is 5.48. The van der Waals surface area contributed by atoms with Gasteiger partial charge in [0.15, 0.2) is 0 Å². The first-order valence-electron chi connectivity index (χ1n) is 6.61. The number of H-pyrrole nitrogens is 1. The Labute approximate surface area is 131 Å². The van der Waals surface area contributed by atoms with Crippen LogP contribution in [0.5, 0.6) is 0 Å². The fourth-order valence-corrected chi connectivity index (χ4v) is 2.35. The van der Waals surface area contributed by atoms with E-state index in [0.29, 0.717) is 31.6 Å². The first-order valence-corrected chi connectivity index (χ1v) is 6.61. The zero-order chi connectivity index (χ0) is 15.6. The topological polar surface area (TPSA) is 74.0 Å². The Morgan fingerprint density at radius 2 is 2.09 bits per heavy atom. The predicted molar refractivity (Wildman–Crippen MR) is 78.1 cm³/mol. The zero-order valence-corrected chi connectivity index (χ0v) is 12.6. The van der Waals surface area contributed by atoms with E-state index in [2.05, 4.69) is 10.6 Å². The largest absolute Gasteiger partial charge is 0.417 e. The van der Waals surface area contributed by atoms with Crippen LogP contribution in [0.25, 0.3) is 0 Å². The van der Waals surface area contributed by atoms with E-state index in [-0.39, 0.29) is 30.1 Å². The Bertz CT molecular complexity index is 589. The summed E-state index contributed by atoms with van der Waals surface area (Å²) in [6.07, 6.45) is -2.81. The first-order chi connectivity index (χ1) is 9.77. The molecule has 0 unspecified atom stereocenters. The molecule has 2 heterocycles. The minimum atomic E-state index is -4.58. The van der Waals surface area contributed by atoms with Gasteiger partial charge in [0.1, 0.15) is 5.69 Å². The number of hydrogen-bond donors (Lipinski definition) is 3. The highest BCUT2D eigenvalue weighted by Gasteiger charge is 2.32. The molecule has 0 saturated carbocycles. The van der Waals surface area contributed by atoms with Crippen molar-refractivity contribution in [2.75, 3.05) is 11.9 Å². The maximum absolute atomic E-state index is 12.6. The number of aromatic nitrogens is 1. The van der Waals surface area contributed by atoms with Gasteiger partial charge < -0.3 is 15.6 Å². The Hall–Kier alpha value is -1.54. The van der Waals surface area contributed by atoms with Crippen molar-refractivity contribution >= 4 is 24.0 Å². The number of nitrogens with one attached hydrogen (secondary N) is 3. The van der Waals surface area contributed by atoms with Gasteiger partial charge in [-0.2, -0.15) is 13.2 Å². The van der Waals surface area contributed by atoms with Crippen LogP contribution in [-0.2, 0) is 11.0 Å². The van der Waals surface area contributed by atoms with Crippen LogP contribution in [0.2, 0.25) is 0 Å². The lowest BCUT2D eigenvalue weighted by Gasteiger charge is -2.27. The molecule has 124 valence electrons. The number of halogens is 4. The number of piperidine rings is 1.